The van der Waals surface area contributed by atoms with Crippen molar-refractivity contribution in [1.82, 2.24) is 60.4 Å². The first-order valence-corrected chi connectivity index (χ1v) is 12.6. The quantitative estimate of drug-likeness (QED) is 0.209. The first-order valence-electron chi connectivity index (χ1n) is 12.6. The standard InChI is InChI=1S/C25H12F6N12O4/c26-24(27,28)14-5-10(1-3-12(14)22(44)45)42-8-17(37-40-42)20-33-19(16-7-32-39-36-16)34-21(35-20)18-9-43(41-38-18)11-2-4-13(23(46)47)15(6-11)25(29,30)31/h1-9H,(H,44,45)(H,46,47)(H,32,36,39). The lowest BCUT2D eigenvalue weighted by atomic mass is 10.1. The van der Waals surface area contributed by atoms with Crippen molar-refractivity contribution in [1.29, 1.82) is 0 Å². The lowest BCUT2D eigenvalue weighted by Gasteiger charge is -2.11. The normalized spacial score (nSPS) is 12.0. The van der Waals surface area contributed by atoms with E-state index in [4.69, 9.17) is 10.2 Å². The van der Waals surface area contributed by atoms with E-state index in [1.165, 1.54) is 6.20 Å². The van der Waals surface area contributed by atoms with E-state index in [2.05, 4.69) is 51.0 Å². The van der Waals surface area contributed by atoms with Gasteiger partial charge in [0.1, 0.15) is 5.69 Å². The molecule has 238 valence electrons. The smallest absolute Gasteiger partial charge is 0.417 e. The third-order valence-electron chi connectivity index (χ3n) is 6.33. The van der Waals surface area contributed by atoms with Gasteiger partial charge in [0.05, 0.1) is 52.2 Å². The van der Waals surface area contributed by atoms with Gasteiger partial charge in [-0.2, -0.15) is 26.3 Å². The molecule has 0 saturated carbocycles. The lowest BCUT2D eigenvalue weighted by Crippen LogP contribution is -2.14. The van der Waals surface area contributed by atoms with Crippen molar-refractivity contribution >= 4 is 11.9 Å². The second-order valence-electron chi connectivity index (χ2n) is 9.33. The minimum absolute atomic E-state index is 0.0965. The molecular formula is C25H12F6N12O4. The average molecular weight is 658 g/mol. The molecule has 6 rings (SSSR count). The molecule has 0 radical (unpaired) electrons. The molecule has 0 unspecified atom stereocenters. The molecule has 3 N–H and O–H groups in total. The molecule has 0 saturated heterocycles. The van der Waals surface area contributed by atoms with Gasteiger partial charge in [-0.1, -0.05) is 15.6 Å². The summed E-state index contributed by atoms with van der Waals surface area (Å²) in [7, 11) is 0. The molecule has 0 spiro atoms. The minimum Gasteiger partial charge on any atom is -0.478 e. The molecule has 0 fully saturated rings. The number of aromatic carboxylic acids is 2. The Morgan fingerprint density at radius 2 is 1.06 bits per heavy atom. The van der Waals surface area contributed by atoms with E-state index < -0.39 is 46.5 Å². The molecule has 6 aromatic rings. The van der Waals surface area contributed by atoms with E-state index in [-0.39, 0.29) is 45.9 Å². The number of rotatable bonds is 7. The van der Waals surface area contributed by atoms with Crippen LogP contribution in [-0.4, -0.2) is 82.5 Å². The predicted octanol–water partition coefficient (Wildman–Crippen LogP) is 3.59. The minimum atomic E-state index is -4.99. The summed E-state index contributed by atoms with van der Waals surface area (Å²) in [6.07, 6.45) is -6.36. The van der Waals surface area contributed by atoms with Crippen molar-refractivity contribution in [2.45, 2.75) is 12.4 Å². The van der Waals surface area contributed by atoms with Gasteiger partial charge in [-0.25, -0.2) is 33.9 Å². The van der Waals surface area contributed by atoms with Crippen LogP contribution in [0.4, 0.5) is 26.3 Å². The fraction of sp³-hybridized carbons (Fsp3) is 0.0800. The largest absolute Gasteiger partial charge is 0.478 e. The number of carboxylic acid groups (broad SMARTS) is 2. The van der Waals surface area contributed by atoms with E-state index in [0.29, 0.717) is 12.1 Å². The third-order valence-corrected chi connectivity index (χ3v) is 6.33. The third kappa shape index (κ3) is 5.93. The first-order chi connectivity index (χ1) is 22.2. The molecule has 0 aliphatic carbocycles. The second kappa shape index (κ2) is 11.1. The van der Waals surface area contributed by atoms with Crippen LogP contribution in [0.2, 0.25) is 0 Å². The van der Waals surface area contributed by atoms with E-state index in [9.17, 15) is 35.9 Å². The summed E-state index contributed by atoms with van der Waals surface area (Å²) in [5.41, 5.74) is -5.25. The maximum Gasteiger partial charge on any atom is 0.417 e. The van der Waals surface area contributed by atoms with Gasteiger partial charge in [-0.05, 0) is 36.4 Å². The number of benzene rings is 2. The Bertz CT molecular complexity index is 2030. The number of H-pyrrole nitrogens is 1. The number of nitrogens with one attached hydrogen (secondary N) is 1. The highest BCUT2D eigenvalue weighted by Gasteiger charge is 2.37. The number of aromatic nitrogens is 12. The van der Waals surface area contributed by atoms with Crippen LogP contribution in [0.1, 0.15) is 31.8 Å². The molecule has 22 heteroatoms. The molecule has 0 amide bonds. The number of hydrogen-bond acceptors (Lipinski definition) is 11. The topological polar surface area (TPSA) is 216 Å². The summed E-state index contributed by atoms with van der Waals surface area (Å²) in [5, 5.41) is 43.6. The van der Waals surface area contributed by atoms with E-state index in [0.717, 1.165) is 46.0 Å². The molecule has 0 aliphatic heterocycles. The average Bonchev–Trinajstić information content (AvgIpc) is 3.82. The van der Waals surface area contributed by atoms with Gasteiger partial charge in [-0.15, -0.1) is 15.3 Å². The maximum atomic E-state index is 13.6. The van der Waals surface area contributed by atoms with E-state index in [1.54, 1.807) is 0 Å². The first kappa shape index (κ1) is 30.4. The van der Waals surface area contributed by atoms with E-state index in [1.807, 2.05) is 0 Å². The summed E-state index contributed by atoms with van der Waals surface area (Å²) in [4.78, 5) is 35.4. The monoisotopic (exact) mass is 658 g/mol. The zero-order chi connectivity index (χ0) is 33.7. The van der Waals surface area contributed by atoms with Gasteiger partial charge in [0.2, 0.25) is 0 Å². The van der Waals surface area contributed by atoms with Gasteiger partial charge in [0.25, 0.3) is 0 Å². The molecule has 47 heavy (non-hydrogen) atoms. The van der Waals surface area contributed by atoms with Crippen LogP contribution in [0, 0.1) is 0 Å². The summed E-state index contributed by atoms with van der Waals surface area (Å²) < 4.78 is 83.2. The number of nitrogens with zero attached hydrogens (tertiary/aromatic N) is 11. The summed E-state index contributed by atoms with van der Waals surface area (Å²) in [6, 6.07) is 4.86. The SMILES string of the molecule is O=C(O)c1ccc(-n2cc(-c3nc(-c4c[nH]nn4)nc(-c4cn(-c5ccc(C(=O)O)c(C(F)(F)F)c5)nn4)n3)nn2)cc1C(F)(F)F. The molecule has 16 nitrogen and oxygen atoms in total. The summed E-state index contributed by atoms with van der Waals surface area (Å²) >= 11 is 0. The molecule has 0 atom stereocenters. The van der Waals surface area contributed by atoms with Gasteiger partial charge in [0.15, 0.2) is 28.9 Å². The van der Waals surface area contributed by atoms with Crippen molar-refractivity contribution in [3.63, 3.8) is 0 Å². The van der Waals surface area contributed by atoms with Crippen LogP contribution in [0.15, 0.2) is 55.0 Å². The Labute approximate surface area is 254 Å². The number of carbonyl (C=O) groups is 2. The van der Waals surface area contributed by atoms with Crippen molar-refractivity contribution in [3.05, 3.63) is 77.2 Å². The fourth-order valence-corrected chi connectivity index (χ4v) is 4.21. The highest BCUT2D eigenvalue weighted by molar-refractivity contribution is 5.90. The Morgan fingerprint density at radius 3 is 1.43 bits per heavy atom. The molecule has 4 aromatic heterocycles. The van der Waals surface area contributed by atoms with Gasteiger partial charge in [0, 0.05) is 0 Å². The lowest BCUT2D eigenvalue weighted by molar-refractivity contribution is -0.138. The van der Waals surface area contributed by atoms with Crippen molar-refractivity contribution in [2.24, 2.45) is 0 Å². The zero-order valence-corrected chi connectivity index (χ0v) is 22.6. The molecule has 0 bridgehead atoms. The predicted molar refractivity (Wildman–Crippen MR) is 140 cm³/mol. The number of halogens is 6. The Balaban J connectivity index is 1.41. The fourth-order valence-electron chi connectivity index (χ4n) is 4.21. The molecule has 0 aliphatic rings. The van der Waals surface area contributed by atoms with Crippen LogP contribution < -0.4 is 0 Å². The number of hydrogen-bond donors (Lipinski definition) is 3. The molecular weight excluding hydrogens is 646 g/mol. The van der Waals surface area contributed by atoms with E-state index >= 15 is 0 Å². The molecule has 4 heterocycles. The van der Waals surface area contributed by atoms with Crippen LogP contribution in [-0.2, 0) is 12.4 Å². The van der Waals surface area contributed by atoms with Crippen LogP contribution >= 0.6 is 0 Å². The van der Waals surface area contributed by atoms with Crippen LogP contribution in [0.25, 0.3) is 45.9 Å². The van der Waals surface area contributed by atoms with Gasteiger partial charge >= 0.3 is 24.3 Å². The Kier molecular flexibility index (Phi) is 7.17. The second-order valence-corrected chi connectivity index (χ2v) is 9.33. The zero-order valence-electron chi connectivity index (χ0n) is 22.6. The summed E-state index contributed by atoms with van der Waals surface area (Å²) in [6.45, 7) is 0. The Hall–Kier alpha value is -6.61. The molecule has 2 aromatic carbocycles. The number of aromatic amines is 1. The Morgan fingerprint density at radius 1 is 0.638 bits per heavy atom. The van der Waals surface area contributed by atoms with Crippen molar-refractivity contribution in [3.8, 4) is 45.9 Å². The van der Waals surface area contributed by atoms with Gasteiger partial charge < -0.3 is 10.2 Å². The maximum absolute atomic E-state index is 13.6. The highest BCUT2D eigenvalue weighted by Crippen LogP contribution is 2.35. The van der Waals surface area contributed by atoms with Gasteiger partial charge in [-0.3, -0.25) is 5.10 Å². The van der Waals surface area contributed by atoms with Crippen molar-refractivity contribution < 1.29 is 46.1 Å². The van der Waals surface area contributed by atoms with Crippen molar-refractivity contribution in [2.75, 3.05) is 0 Å². The van der Waals surface area contributed by atoms with Crippen LogP contribution in [0.5, 0.6) is 0 Å². The number of alkyl halides is 6. The highest BCUT2D eigenvalue weighted by atomic mass is 19.4. The van der Waals surface area contributed by atoms with Crippen LogP contribution in [0.3, 0.4) is 0 Å². The number of carboxylic acids is 2. The summed E-state index contributed by atoms with van der Waals surface area (Å²) in [5.74, 6) is -4.06.